The maximum atomic E-state index is 12.7. The summed E-state index contributed by atoms with van der Waals surface area (Å²) in [6.45, 7) is 8.94. The predicted octanol–water partition coefficient (Wildman–Crippen LogP) is 3.15. The molecule has 1 aliphatic heterocycles. The molecule has 0 saturated carbocycles. The van der Waals surface area contributed by atoms with Crippen molar-refractivity contribution < 1.29 is 13.9 Å². The molecular formula is C24H31N5O3S. The van der Waals surface area contributed by atoms with Gasteiger partial charge in [-0.2, -0.15) is 0 Å². The zero-order valence-electron chi connectivity index (χ0n) is 19.1. The fraction of sp³-hybridized carbons (Fsp3) is 0.458. The molecule has 0 aliphatic carbocycles. The summed E-state index contributed by atoms with van der Waals surface area (Å²) in [4.78, 5) is 15.1. The molecule has 0 spiro atoms. The molecule has 1 aromatic carbocycles. The van der Waals surface area contributed by atoms with Crippen molar-refractivity contribution in [3.63, 3.8) is 0 Å². The average molecular weight is 470 g/mol. The van der Waals surface area contributed by atoms with E-state index in [0.29, 0.717) is 41.8 Å². The zero-order chi connectivity index (χ0) is 23.0. The minimum Gasteiger partial charge on any atom is -0.461 e. The first-order chi connectivity index (χ1) is 16.1. The standard InChI is InChI=1S/C24H31N5O3S/c1-18(2)20(28-10-13-31-14-11-28)15-25-22(30)17-33-24-27-26-23(21-9-6-12-32-21)29(24)16-19-7-4-3-5-8-19/h3-9,12,18,20H,10-11,13-17H2,1-2H3,(H,25,30). The van der Waals surface area contributed by atoms with Crippen molar-refractivity contribution in [2.24, 2.45) is 5.92 Å². The van der Waals surface area contributed by atoms with Gasteiger partial charge in [0.2, 0.25) is 11.7 Å². The number of hydrogen-bond acceptors (Lipinski definition) is 7. The Bertz CT molecular complexity index is 1000. The molecule has 3 aromatic rings. The summed E-state index contributed by atoms with van der Waals surface area (Å²) in [5.74, 6) is 2.02. The number of carbonyl (C=O) groups is 1. The molecule has 1 amide bonds. The molecule has 8 nitrogen and oxygen atoms in total. The number of amides is 1. The van der Waals surface area contributed by atoms with Crippen molar-refractivity contribution in [3.05, 3.63) is 54.3 Å². The van der Waals surface area contributed by atoms with Gasteiger partial charge in [-0.15, -0.1) is 10.2 Å². The zero-order valence-corrected chi connectivity index (χ0v) is 20.0. The fourth-order valence-electron chi connectivity index (χ4n) is 3.99. The highest BCUT2D eigenvalue weighted by Crippen LogP contribution is 2.25. The van der Waals surface area contributed by atoms with E-state index in [-0.39, 0.29) is 11.7 Å². The Labute approximate surface area is 198 Å². The lowest BCUT2D eigenvalue weighted by molar-refractivity contribution is -0.119. The molecule has 4 rings (SSSR count). The van der Waals surface area contributed by atoms with Gasteiger partial charge in [-0.1, -0.05) is 55.9 Å². The van der Waals surface area contributed by atoms with Gasteiger partial charge in [0, 0.05) is 25.7 Å². The van der Waals surface area contributed by atoms with Gasteiger partial charge in [-0.05, 0) is 23.6 Å². The van der Waals surface area contributed by atoms with Gasteiger partial charge in [-0.3, -0.25) is 14.3 Å². The van der Waals surface area contributed by atoms with E-state index < -0.39 is 0 Å². The number of hydrogen-bond donors (Lipinski definition) is 1. The highest BCUT2D eigenvalue weighted by molar-refractivity contribution is 7.99. The van der Waals surface area contributed by atoms with Crippen molar-refractivity contribution in [2.75, 3.05) is 38.6 Å². The Morgan fingerprint density at radius 3 is 2.61 bits per heavy atom. The molecule has 1 unspecified atom stereocenters. The Kier molecular flexibility index (Phi) is 8.20. The molecule has 1 saturated heterocycles. The van der Waals surface area contributed by atoms with E-state index in [2.05, 4.69) is 46.4 Å². The third-order valence-corrected chi connectivity index (χ3v) is 6.73. The lowest BCUT2D eigenvalue weighted by Crippen LogP contribution is -2.51. The van der Waals surface area contributed by atoms with Gasteiger partial charge in [0.25, 0.3) is 0 Å². The number of furan rings is 1. The Balaban J connectivity index is 1.39. The summed E-state index contributed by atoms with van der Waals surface area (Å²) < 4.78 is 13.0. The molecule has 33 heavy (non-hydrogen) atoms. The minimum absolute atomic E-state index is 0.00674. The molecule has 1 aliphatic rings. The number of ether oxygens (including phenoxy) is 1. The van der Waals surface area contributed by atoms with Gasteiger partial charge in [0.05, 0.1) is 31.8 Å². The minimum atomic E-state index is -0.00674. The molecule has 176 valence electrons. The summed E-state index contributed by atoms with van der Waals surface area (Å²) in [6, 6.07) is 14.1. The number of benzene rings is 1. The fourth-order valence-corrected chi connectivity index (χ4v) is 4.75. The number of nitrogens with zero attached hydrogens (tertiary/aromatic N) is 4. The van der Waals surface area contributed by atoms with Crippen LogP contribution in [0.3, 0.4) is 0 Å². The summed E-state index contributed by atoms with van der Waals surface area (Å²) in [5.41, 5.74) is 1.13. The lowest BCUT2D eigenvalue weighted by atomic mass is 10.0. The molecule has 1 atom stereocenters. The predicted molar refractivity (Wildman–Crippen MR) is 128 cm³/mol. The third-order valence-electron chi connectivity index (χ3n) is 5.77. The second-order valence-corrected chi connectivity index (χ2v) is 9.35. The topological polar surface area (TPSA) is 85.4 Å². The maximum absolute atomic E-state index is 12.7. The number of aromatic nitrogens is 3. The van der Waals surface area contributed by atoms with Crippen LogP contribution in [0.5, 0.6) is 0 Å². The highest BCUT2D eigenvalue weighted by atomic mass is 32.2. The molecule has 1 fully saturated rings. The van der Waals surface area contributed by atoms with Crippen molar-refractivity contribution in [2.45, 2.75) is 31.6 Å². The maximum Gasteiger partial charge on any atom is 0.230 e. The first kappa shape index (κ1) is 23.5. The second-order valence-electron chi connectivity index (χ2n) is 8.41. The third kappa shape index (κ3) is 6.25. The second kappa shape index (κ2) is 11.5. The van der Waals surface area contributed by atoms with Crippen molar-refractivity contribution in [3.8, 4) is 11.6 Å². The van der Waals surface area contributed by atoms with Gasteiger partial charge >= 0.3 is 0 Å². The Morgan fingerprint density at radius 2 is 1.91 bits per heavy atom. The van der Waals surface area contributed by atoms with Gasteiger partial charge in [-0.25, -0.2) is 0 Å². The molecule has 1 N–H and O–H groups in total. The van der Waals surface area contributed by atoms with Gasteiger partial charge in [0.15, 0.2) is 10.9 Å². The van der Waals surface area contributed by atoms with Crippen molar-refractivity contribution in [1.82, 2.24) is 25.0 Å². The molecular weight excluding hydrogens is 438 g/mol. The van der Waals surface area contributed by atoms with E-state index in [0.717, 1.165) is 31.9 Å². The highest BCUT2D eigenvalue weighted by Gasteiger charge is 2.24. The van der Waals surface area contributed by atoms with Gasteiger partial charge in [0.1, 0.15) is 0 Å². The summed E-state index contributed by atoms with van der Waals surface area (Å²) in [6.07, 6.45) is 1.62. The monoisotopic (exact) mass is 469 g/mol. The van der Waals surface area contributed by atoms with Crippen molar-refractivity contribution >= 4 is 17.7 Å². The van der Waals surface area contributed by atoms with E-state index >= 15 is 0 Å². The molecule has 3 heterocycles. The van der Waals surface area contributed by atoms with Gasteiger partial charge < -0.3 is 14.5 Å². The number of rotatable bonds is 10. The van der Waals surface area contributed by atoms with E-state index in [1.807, 2.05) is 34.9 Å². The molecule has 0 radical (unpaired) electrons. The largest absolute Gasteiger partial charge is 0.461 e. The van der Waals surface area contributed by atoms with Crippen LogP contribution in [0.15, 0.2) is 58.3 Å². The van der Waals surface area contributed by atoms with Crippen molar-refractivity contribution in [1.29, 1.82) is 0 Å². The molecule has 2 aromatic heterocycles. The smallest absolute Gasteiger partial charge is 0.230 e. The quantitative estimate of drug-likeness (QED) is 0.457. The van der Waals surface area contributed by atoms with Crippen LogP contribution >= 0.6 is 11.8 Å². The number of nitrogens with one attached hydrogen (secondary N) is 1. The van der Waals surface area contributed by atoms with E-state index in [1.165, 1.54) is 11.8 Å². The summed E-state index contributed by atoms with van der Waals surface area (Å²) in [7, 11) is 0. The first-order valence-electron chi connectivity index (χ1n) is 11.3. The first-order valence-corrected chi connectivity index (χ1v) is 12.3. The molecule has 9 heteroatoms. The number of carbonyl (C=O) groups excluding carboxylic acids is 1. The van der Waals surface area contributed by atoms with Crippen LogP contribution in [-0.2, 0) is 16.1 Å². The van der Waals surface area contributed by atoms with Crippen LogP contribution in [0, 0.1) is 5.92 Å². The Morgan fingerprint density at radius 1 is 1.12 bits per heavy atom. The van der Waals surface area contributed by atoms with Crippen LogP contribution in [0.25, 0.3) is 11.6 Å². The number of thioether (sulfide) groups is 1. The lowest BCUT2D eigenvalue weighted by Gasteiger charge is -2.36. The van der Waals surface area contributed by atoms with Crippen LogP contribution < -0.4 is 5.32 Å². The number of morpholine rings is 1. The SMILES string of the molecule is CC(C)C(CNC(=O)CSc1nnc(-c2ccco2)n1Cc1ccccc1)N1CCOCC1. The summed E-state index contributed by atoms with van der Waals surface area (Å²) in [5, 5.41) is 12.5. The van der Waals surface area contributed by atoms with E-state index in [1.54, 1.807) is 6.26 Å². The summed E-state index contributed by atoms with van der Waals surface area (Å²) >= 11 is 1.39. The van der Waals surface area contributed by atoms with Crippen LogP contribution in [-0.4, -0.2) is 70.2 Å². The van der Waals surface area contributed by atoms with E-state index in [4.69, 9.17) is 9.15 Å². The Hall–Kier alpha value is -2.62. The van der Waals surface area contributed by atoms with Crippen LogP contribution in [0.1, 0.15) is 19.4 Å². The van der Waals surface area contributed by atoms with Crippen LogP contribution in [0.4, 0.5) is 0 Å². The van der Waals surface area contributed by atoms with E-state index in [9.17, 15) is 4.79 Å². The van der Waals surface area contributed by atoms with Crippen LogP contribution in [0.2, 0.25) is 0 Å². The molecule has 0 bridgehead atoms. The average Bonchev–Trinajstić information content (AvgIpc) is 3.49. The normalized spacial score (nSPS) is 15.6.